The Morgan fingerprint density at radius 2 is 1.50 bits per heavy atom. The van der Waals surface area contributed by atoms with Crippen molar-refractivity contribution in [2.45, 2.75) is 45.4 Å². The summed E-state index contributed by atoms with van der Waals surface area (Å²) >= 11 is 0. The van der Waals surface area contributed by atoms with Crippen LogP contribution in [0.15, 0.2) is 72.8 Å². The second kappa shape index (κ2) is 14.6. The monoisotopic (exact) mass is 494 g/mol. The van der Waals surface area contributed by atoms with Crippen molar-refractivity contribution < 1.29 is 33.7 Å². The van der Waals surface area contributed by atoms with Crippen molar-refractivity contribution in [1.29, 1.82) is 0 Å². The highest BCUT2D eigenvalue weighted by molar-refractivity contribution is 5.91. The molecule has 36 heavy (non-hydrogen) atoms. The minimum atomic E-state index is -0.745. The highest BCUT2D eigenvalue weighted by atomic mass is 16.5. The molecule has 192 valence electrons. The molecule has 2 aromatic carbocycles. The second-order valence-corrected chi connectivity index (χ2v) is 8.55. The summed E-state index contributed by atoms with van der Waals surface area (Å²) in [6, 6.07) is 14.1. The van der Waals surface area contributed by atoms with Crippen molar-refractivity contribution in [2.75, 3.05) is 19.8 Å². The third kappa shape index (κ3) is 9.15. The van der Waals surface area contributed by atoms with Crippen LogP contribution in [0.5, 0.6) is 5.75 Å². The van der Waals surface area contributed by atoms with Gasteiger partial charge in [0.2, 0.25) is 0 Å². The van der Waals surface area contributed by atoms with Crippen molar-refractivity contribution in [3.8, 4) is 5.75 Å². The Bertz CT molecular complexity index is 1050. The van der Waals surface area contributed by atoms with Gasteiger partial charge in [-0.15, -0.1) is 0 Å². The average Bonchev–Trinajstić information content (AvgIpc) is 2.89. The largest absolute Gasteiger partial charge is 0.462 e. The molecule has 0 heterocycles. The summed E-state index contributed by atoms with van der Waals surface area (Å²) in [6.45, 7) is 9.97. The molecule has 0 saturated carbocycles. The Morgan fingerprint density at radius 1 is 0.889 bits per heavy atom. The molecule has 0 saturated heterocycles. The van der Waals surface area contributed by atoms with Crippen molar-refractivity contribution in [3.05, 3.63) is 89.5 Å². The number of hydrogen-bond donors (Lipinski definition) is 1. The van der Waals surface area contributed by atoms with Gasteiger partial charge in [0.1, 0.15) is 19.0 Å². The molecule has 0 spiro atoms. The van der Waals surface area contributed by atoms with E-state index in [4.69, 9.17) is 19.3 Å². The van der Waals surface area contributed by atoms with E-state index in [2.05, 4.69) is 20.1 Å². The quantitative estimate of drug-likeness (QED) is 0.172. The molecule has 0 aliphatic carbocycles. The Hall–Kier alpha value is -3.71. The summed E-state index contributed by atoms with van der Waals surface area (Å²) < 4.78 is 15.9. The van der Waals surface area contributed by atoms with Crippen LogP contribution in [-0.4, -0.2) is 42.8 Å². The van der Waals surface area contributed by atoms with Gasteiger partial charge in [0.25, 0.3) is 0 Å². The van der Waals surface area contributed by atoms with Crippen molar-refractivity contribution in [1.82, 2.24) is 0 Å². The number of rotatable bonds is 14. The molecule has 0 aliphatic rings. The van der Waals surface area contributed by atoms with Gasteiger partial charge in [-0.25, -0.2) is 14.4 Å². The first-order valence-electron chi connectivity index (χ1n) is 11.9. The second-order valence-electron chi connectivity index (χ2n) is 8.55. The number of ether oxygens (including phenoxy) is 3. The molecule has 0 aliphatic heterocycles. The molecule has 0 radical (unpaired) electrons. The number of aliphatic hydroxyl groups excluding tert-OH is 1. The smallest absolute Gasteiger partial charge is 0.343 e. The number of unbranched alkanes of at least 4 members (excludes halogenated alkanes) is 2. The van der Waals surface area contributed by atoms with Crippen LogP contribution in [-0.2, 0) is 25.5 Å². The fraction of sp³-hybridized carbons (Fsp3) is 0.345. The Labute approximate surface area is 212 Å². The van der Waals surface area contributed by atoms with Crippen molar-refractivity contribution in [3.63, 3.8) is 0 Å². The van der Waals surface area contributed by atoms with Gasteiger partial charge in [0.05, 0.1) is 23.7 Å². The molecule has 7 nitrogen and oxygen atoms in total. The number of benzene rings is 2. The molecule has 1 N–H and O–H groups in total. The number of carbonyl (C=O) groups is 3. The Morgan fingerprint density at radius 3 is 2.06 bits per heavy atom. The molecule has 7 heteroatoms. The molecule has 0 fully saturated rings. The topological polar surface area (TPSA) is 99.1 Å². The average molecular weight is 495 g/mol. The van der Waals surface area contributed by atoms with E-state index in [1.54, 1.807) is 36.4 Å². The zero-order valence-corrected chi connectivity index (χ0v) is 21.0. The van der Waals surface area contributed by atoms with Gasteiger partial charge in [0.15, 0.2) is 0 Å². The summed E-state index contributed by atoms with van der Waals surface area (Å²) in [5.41, 5.74) is 2.38. The Balaban J connectivity index is 2.05. The van der Waals surface area contributed by atoms with Gasteiger partial charge in [-0.05, 0) is 55.2 Å². The van der Waals surface area contributed by atoms with E-state index in [1.165, 1.54) is 25.3 Å². The molecule has 0 aromatic heterocycles. The fourth-order valence-electron chi connectivity index (χ4n) is 3.24. The molecule has 1 atom stereocenters. The van der Waals surface area contributed by atoms with Crippen LogP contribution in [0.1, 0.15) is 60.5 Å². The third-order valence-corrected chi connectivity index (χ3v) is 5.48. The summed E-state index contributed by atoms with van der Waals surface area (Å²) in [5, 5.41) is 9.05. The number of aryl methyl sites for hydroxylation is 1. The van der Waals surface area contributed by atoms with E-state index in [9.17, 15) is 14.4 Å². The lowest BCUT2D eigenvalue weighted by atomic mass is 9.99. The molecule has 2 aromatic rings. The SMILES string of the molecule is C=C(C)C(=O)OCC(COC(=O)C(=C)CO)c1ccc(C(=O)Oc2ccc(CCCCC)cc2)cc1. The van der Waals surface area contributed by atoms with E-state index in [1.807, 2.05) is 12.1 Å². The van der Waals surface area contributed by atoms with Gasteiger partial charge < -0.3 is 19.3 Å². The number of aliphatic hydroxyl groups is 1. The van der Waals surface area contributed by atoms with Crippen LogP contribution in [0.25, 0.3) is 0 Å². The van der Waals surface area contributed by atoms with Crippen LogP contribution in [0, 0.1) is 0 Å². The van der Waals surface area contributed by atoms with E-state index in [0.717, 1.165) is 12.8 Å². The standard InChI is InChI=1S/C29H34O7/c1-5-6-7-8-22-9-15-26(16-10-22)36-29(33)24-13-11-23(12-14-24)25(18-34-27(31)20(2)3)19-35-28(32)21(4)17-30/h9-16,25,30H,2,4-8,17-19H2,1,3H3. The molecule has 1 unspecified atom stereocenters. The van der Waals surface area contributed by atoms with Gasteiger partial charge in [0, 0.05) is 5.57 Å². The molecule has 2 rings (SSSR count). The lowest BCUT2D eigenvalue weighted by Gasteiger charge is -2.18. The van der Waals surface area contributed by atoms with E-state index < -0.39 is 30.4 Å². The lowest BCUT2D eigenvalue weighted by Crippen LogP contribution is -2.21. The van der Waals surface area contributed by atoms with E-state index in [-0.39, 0.29) is 24.4 Å². The normalized spacial score (nSPS) is 11.3. The number of esters is 3. The number of carbonyl (C=O) groups excluding carboxylic acids is 3. The zero-order chi connectivity index (χ0) is 26.5. The van der Waals surface area contributed by atoms with Crippen LogP contribution < -0.4 is 4.74 Å². The molecular weight excluding hydrogens is 460 g/mol. The minimum absolute atomic E-state index is 0.0705. The maximum Gasteiger partial charge on any atom is 0.343 e. The van der Waals surface area contributed by atoms with Crippen molar-refractivity contribution >= 4 is 17.9 Å². The first-order valence-corrected chi connectivity index (χ1v) is 11.9. The van der Waals surface area contributed by atoms with Gasteiger partial charge in [-0.2, -0.15) is 0 Å². The minimum Gasteiger partial charge on any atom is -0.462 e. The predicted molar refractivity (Wildman–Crippen MR) is 137 cm³/mol. The first-order chi connectivity index (χ1) is 17.2. The van der Waals surface area contributed by atoms with Gasteiger partial charge in [-0.1, -0.05) is 57.2 Å². The maximum absolute atomic E-state index is 12.6. The molecule has 0 bridgehead atoms. The lowest BCUT2D eigenvalue weighted by molar-refractivity contribution is -0.142. The van der Waals surface area contributed by atoms with Crippen LogP contribution in [0.3, 0.4) is 0 Å². The molecular formula is C29H34O7. The van der Waals surface area contributed by atoms with Crippen LogP contribution in [0.2, 0.25) is 0 Å². The zero-order valence-electron chi connectivity index (χ0n) is 21.0. The maximum atomic E-state index is 12.6. The Kier molecular flexibility index (Phi) is 11.6. The summed E-state index contributed by atoms with van der Waals surface area (Å²) in [7, 11) is 0. The van der Waals surface area contributed by atoms with Crippen molar-refractivity contribution in [2.24, 2.45) is 0 Å². The molecule has 0 amide bonds. The fourth-order valence-corrected chi connectivity index (χ4v) is 3.24. The summed E-state index contributed by atoms with van der Waals surface area (Å²) in [6.07, 6.45) is 4.48. The van der Waals surface area contributed by atoms with Crippen LogP contribution in [0.4, 0.5) is 0 Å². The first kappa shape index (κ1) is 28.5. The van der Waals surface area contributed by atoms with Gasteiger partial charge in [-0.3, -0.25) is 0 Å². The summed E-state index contributed by atoms with van der Waals surface area (Å²) in [5.74, 6) is -1.86. The van der Waals surface area contributed by atoms with Crippen LogP contribution >= 0.6 is 0 Å². The number of hydrogen-bond acceptors (Lipinski definition) is 7. The van der Waals surface area contributed by atoms with Gasteiger partial charge >= 0.3 is 17.9 Å². The third-order valence-electron chi connectivity index (χ3n) is 5.48. The summed E-state index contributed by atoms with van der Waals surface area (Å²) in [4.78, 5) is 36.3. The highest BCUT2D eigenvalue weighted by Gasteiger charge is 2.19. The highest BCUT2D eigenvalue weighted by Crippen LogP contribution is 2.21. The predicted octanol–water partition coefficient (Wildman–Crippen LogP) is 4.93. The van der Waals surface area contributed by atoms with E-state index >= 15 is 0 Å². The van der Waals surface area contributed by atoms with E-state index in [0.29, 0.717) is 16.9 Å².